The van der Waals surface area contributed by atoms with Crippen LogP contribution in [-0.4, -0.2) is 37.8 Å². The first-order valence-electron chi connectivity index (χ1n) is 11.5. The quantitative estimate of drug-likeness (QED) is 0.250. The second kappa shape index (κ2) is 8.88. The van der Waals surface area contributed by atoms with Crippen molar-refractivity contribution in [3.63, 3.8) is 0 Å². The number of halogens is 3. The standard InChI is InChI=1S/C25H18BF3N8/c26-25(14-1-3-15(27)4-2-14,22-12-37(36-35-22)18-6-7-18)34-16-5-8-21-19(9-16)24(32-13-31-21)33-17-10-20(28)23(29)30-11-17/h1-5,8-13,18,34H,6-7H2,(H,31,32,33). The first kappa shape index (κ1) is 23.0. The van der Waals surface area contributed by atoms with E-state index in [1.165, 1.54) is 18.5 Å². The molecule has 1 saturated carbocycles. The number of nitrogens with one attached hydrogen (secondary N) is 2. The smallest absolute Gasteiger partial charge is 0.249 e. The largest absolute Gasteiger partial charge is 0.378 e. The van der Waals surface area contributed by atoms with Crippen molar-refractivity contribution in [1.82, 2.24) is 29.9 Å². The molecule has 0 amide bonds. The highest BCUT2D eigenvalue weighted by molar-refractivity contribution is 6.19. The lowest BCUT2D eigenvalue weighted by Gasteiger charge is -2.31. The lowest BCUT2D eigenvalue weighted by atomic mass is 9.69. The molecule has 2 N–H and O–H groups in total. The van der Waals surface area contributed by atoms with Crippen LogP contribution in [0.2, 0.25) is 0 Å². The van der Waals surface area contributed by atoms with E-state index in [1.807, 2.05) is 0 Å². The van der Waals surface area contributed by atoms with Crippen LogP contribution >= 0.6 is 0 Å². The van der Waals surface area contributed by atoms with Crippen LogP contribution in [0, 0.1) is 17.6 Å². The summed E-state index contributed by atoms with van der Waals surface area (Å²) in [5.41, 5.74) is 1.09. The molecule has 1 fully saturated rings. The van der Waals surface area contributed by atoms with Crippen molar-refractivity contribution in [2.75, 3.05) is 10.6 Å². The molecule has 3 aromatic heterocycles. The zero-order valence-electron chi connectivity index (χ0n) is 19.2. The Bertz CT molecular complexity index is 1610. The van der Waals surface area contributed by atoms with Gasteiger partial charge in [0, 0.05) is 17.1 Å². The lowest BCUT2D eigenvalue weighted by Crippen LogP contribution is -2.37. The Kier molecular flexibility index (Phi) is 5.51. The van der Waals surface area contributed by atoms with Crippen LogP contribution in [-0.2, 0) is 5.44 Å². The van der Waals surface area contributed by atoms with Gasteiger partial charge in [-0.3, -0.25) is 0 Å². The van der Waals surface area contributed by atoms with Gasteiger partial charge in [-0.05, 0) is 48.7 Å². The van der Waals surface area contributed by atoms with E-state index in [2.05, 4.69) is 35.9 Å². The first-order valence-corrected chi connectivity index (χ1v) is 11.5. The average molecular weight is 498 g/mol. The molecule has 3 heterocycles. The fourth-order valence-corrected chi connectivity index (χ4v) is 4.06. The molecule has 12 heteroatoms. The minimum Gasteiger partial charge on any atom is -0.378 e. The van der Waals surface area contributed by atoms with Crippen LogP contribution in [0.3, 0.4) is 0 Å². The van der Waals surface area contributed by atoms with E-state index >= 15 is 0 Å². The molecule has 182 valence electrons. The predicted octanol–water partition coefficient (Wildman–Crippen LogP) is 4.59. The molecular weight excluding hydrogens is 480 g/mol. The molecule has 2 aromatic carbocycles. The van der Waals surface area contributed by atoms with Crippen molar-refractivity contribution in [1.29, 1.82) is 0 Å². The summed E-state index contributed by atoms with van der Waals surface area (Å²) in [6.07, 6.45) is 6.36. The minimum atomic E-state index is -1.35. The predicted molar refractivity (Wildman–Crippen MR) is 132 cm³/mol. The summed E-state index contributed by atoms with van der Waals surface area (Å²) in [6.45, 7) is 0. The van der Waals surface area contributed by atoms with Crippen LogP contribution in [0.25, 0.3) is 10.9 Å². The highest BCUT2D eigenvalue weighted by Crippen LogP contribution is 2.36. The number of aromatic nitrogens is 6. The summed E-state index contributed by atoms with van der Waals surface area (Å²) < 4.78 is 42.4. The number of nitrogens with zero attached hydrogens (tertiary/aromatic N) is 6. The SMILES string of the molecule is [B]C(Nc1ccc2ncnc(Nc3cnc(F)c(F)c3)c2c1)(c1ccc(F)cc1)c1cn(C2CC2)nn1. The fourth-order valence-electron chi connectivity index (χ4n) is 4.06. The molecule has 0 saturated heterocycles. The lowest BCUT2D eigenvalue weighted by molar-refractivity contribution is 0.480. The molecule has 2 radical (unpaired) electrons. The van der Waals surface area contributed by atoms with E-state index in [0.29, 0.717) is 39.7 Å². The molecule has 6 rings (SSSR count). The Morgan fingerprint density at radius 1 is 0.946 bits per heavy atom. The summed E-state index contributed by atoms with van der Waals surface area (Å²) in [5, 5.41) is 15.4. The number of fused-ring (bicyclic) bond motifs is 1. The van der Waals surface area contributed by atoms with E-state index in [4.69, 9.17) is 7.85 Å². The van der Waals surface area contributed by atoms with Crippen LogP contribution in [0.1, 0.15) is 30.1 Å². The Labute approximate surface area is 210 Å². The number of rotatable bonds is 7. The van der Waals surface area contributed by atoms with Crippen LogP contribution in [0.4, 0.5) is 30.4 Å². The Hall–Kier alpha value is -4.48. The maximum Gasteiger partial charge on any atom is 0.249 e. The van der Waals surface area contributed by atoms with Crippen molar-refractivity contribution >= 4 is 35.9 Å². The first-order chi connectivity index (χ1) is 17.9. The number of anilines is 3. The zero-order chi connectivity index (χ0) is 25.6. The van der Waals surface area contributed by atoms with Gasteiger partial charge >= 0.3 is 0 Å². The van der Waals surface area contributed by atoms with Crippen LogP contribution < -0.4 is 10.6 Å². The van der Waals surface area contributed by atoms with Gasteiger partial charge in [-0.1, -0.05) is 17.3 Å². The number of benzene rings is 2. The van der Waals surface area contributed by atoms with Gasteiger partial charge in [-0.2, -0.15) is 4.39 Å². The molecule has 1 atom stereocenters. The van der Waals surface area contributed by atoms with Crippen LogP contribution in [0.5, 0.6) is 0 Å². The summed E-state index contributed by atoms with van der Waals surface area (Å²) >= 11 is 0. The highest BCUT2D eigenvalue weighted by atomic mass is 19.2. The van der Waals surface area contributed by atoms with Crippen molar-refractivity contribution in [3.05, 3.63) is 96.1 Å². The van der Waals surface area contributed by atoms with E-state index in [0.717, 1.165) is 25.1 Å². The highest BCUT2D eigenvalue weighted by Gasteiger charge is 2.34. The molecule has 5 aromatic rings. The Morgan fingerprint density at radius 2 is 1.76 bits per heavy atom. The molecule has 0 aliphatic heterocycles. The fraction of sp³-hybridized carbons (Fsp3) is 0.160. The van der Waals surface area contributed by atoms with E-state index in [9.17, 15) is 13.2 Å². The van der Waals surface area contributed by atoms with Gasteiger partial charge in [0.05, 0.1) is 35.1 Å². The summed E-state index contributed by atoms with van der Waals surface area (Å²) in [7, 11) is 6.91. The third-order valence-corrected chi connectivity index (χ3v) is 6.17. The number of pyridine rings is 1. The topological polar surface area (TPSA) is 93.4 Å². The average Bonchev–Trinajstić information content (AvgIpc) is 3.62. The Balaban J connectivity index is 1.39. The van der Waals surface area contributed by atoms with Gasteiger partial charge in [-0.15, -0.1) is 5.10 Å². The molecule has 1 aliphatic carbocycles. The van der Waals surface area contributed by atoms with E-state index < -0.39 is 23.0 Å². The second-order valence-corrected chi connectivity index (χ2v) is 8.83. The van der Waals surface area contributed by atoms with Gasteiger partial charge in [0.1, 0.15) is 31.5 Å². The maximum absolute atomic E-state index is 13.7. The van der Waals surface area contributed by atoms with Gasteiger partial charge in [-0.25, -0.2) is 28.4 Å². The number of hydrogen-bond donors (Lipinski definition) is 2. The van der Waals surface area contributed by atoms with Gasteiger partial charge in [0.25, 0.3) is 0 Å². The van der Waals surface area contributed by atoms with E-state index in [-0.39, 0.29) is 5.69 Å². The van der Waals surface area contributed by atoms with Crippen molar-refractivity contribution in [2.45, 2.75) is 24.3 Å². The van der Waals surface area contributed by atoms with E-state index in [1.54, 1.807) is 41.2 Å². The van der Waals surface area contributed by atoms with Crippen molar-refractivity contribution < 1.29 is 13.2 Å². The van der Waals surface area contributed by atoms with Gasteiger partial charge in [0.2, 0.25) is 5.95 Å². The summed E-state index contributed by atoms with van der Waals surface area (Å²) in [5.74, 6) is -2.32. The summed E-state index contributed by atoms with van der Waals surface area (Å²) in [4.78, 5) is 11.9. The van der Waals surface area contributed by atoms with Crippen molar-refractivity contribution in [3.8, 4) is 0 Å². The monoisotopic (exact) mass is 498 g/mol. The Morgan fingerprint density at radius 3 is 2.51 bits per heavy atom. The number of hydrogen-bond acceptors (Lipinski definition) is 7. The van der Waals surface area contributed by atoms with Crippen molar-refractivity contribution in [2.24, 2.45) is 0 Å². The van der Waals surface area contributed by atoms with Gasteiger partial charge < -0.3 is 10.6 Å². The molecule has 0 bridgehead atoms. The molecule has 8 nitrogen and oxygen atoms in total. The zero-order valence-corrected chi connectivity index (χ0v) is 19.2. The maximum atomic E-state index is 13.7. The third-order valence-electron chi connectivity index (χ3n) is 6.17. The normalized spacial score (nSPS) is 14.9. The third kappa shape index (κ3) is 4.46. The second-order valence-electron chi connectivity index (χ2n) is 8.83. The summed E-state index contributed by atoms with van der Waals surface area (Å²) in [6, 6.07) is 12.4. The minimum absolute atomic E-state index is 0.216. The van der Waals surface area contributed by atoms with Gasteiger partial charge in [0.15, 0.2) is 5.82 Å². The molecule has 1 aliphatic rings. The van der Waals surface area contributed by atoms with Crippen LogP contribution in [0.15, 0.2) is 67.3 Å². The molecule has 37 heavy (non-hydrogen) atoms. The molecule has 1 unspecified atom stereocenters. The molecular formula is C25H18BF3N8. The molecule has 0 spiro atoms.